The summed E-state index contributed by atoms with van der Waals surface area (Å²) in [5.41, 5.74) is 0. The number of piperazine rings is 1. The number of hydrogen-bond acceptors (Lipinski definition) is 2. The molecule has 0 bridgehead atoms. The minimum atomic E-state index is 0.796. The van der Waals surface area contributed by atoms with E-state index in [1.54, 1.807) is 0 Å². The largest absolute Gasteiger partial charge is 0.311 e. The van der Waals surface area contributed by atoms with Crippen molar-refractivity contribution in [2.45, 2.75) is 96.2 Å². The van der Waals surface area contributed by atoms with Crippen molar-refractivity contribution < 1.29 is 0 Å². The van der Waals surface area contributed by atoms with Crippen molar-refractivity contribution in [3.63, 3.8) is 0 Å². The van der Waals surface area contributed by atoms with Gasteiger partial charge in [-0.3, -0.25) is 4.90 Å². The molecule has 0 aromatic heterocycles. The maximum Gasteiger partial charge on any atom is 0.0252 e. The lowest BCUT2D eigenvalue weighted by Crippen LogP contribution is -2.61. The second-order valence-corrected chi connectivity index (χ2v) is 6.70. The third-order valence-electron chi connectivity index (χ3n) is 5.22. The summed E-state index contributed by atoms with van der Waals surface area (Å²) in [5, 5.41) is 3.75. The van der Waals surface area contributed by atoms with Crippen molar-refractivity contribution >= 4 is 0 Å². The Bertz CT molecular complexity index is 239. The Labute approximate surface area is 120 Å². The van der Waals surface area contributed by atoms with Gasteiger partial charge in [0.2, 0.25) is 0 Å². The molecule has 0 aromatic carbocycles. The molecule has 1 heterocycles. The fourth-order valence-corrected chi connectivity index (χ4v) is 4.05. The zero-order valence-corrected chi connectivity index (χ0v) is 13.2. The van der Waals surface area contributed by atoms with E-state index in [2.05, 4.69) is 24.1 Å². The smallest absolute Gasteiger partial charge is 0.0252 e. The molecule has 0 aromatic rings. The fraction of sp³-hybridized carbons (Fsp3) is 1.00. The number of nitrogens with zero attached hydrogens (tertiary/aromatic N) is 1. The minimum Gasteiger partial charge on any atom is -0.311 e. The van der Waals surface area contributed by atoms with Crippen molar-refractivity contribution in [1.82, 2.24) is 10.2 Å². The lowest BCUT2D eigenvalue weighted by molar-refractivity contribution is 0.0513. The topological polar surface area (TPSA) is 15.3 Å². The maximum atomic E-state index is 3.75. The normalized spacial score (nSPS) is 30.0. The zero-order chi connectivity index (χ0) is 13.5. The molecular formula is C17H34N2. The van der Waals surface area contributed by atoms with Gasteiger partial charge < -0.3 is 5.32 Å². The Balaban J connectivity index is 1.72. The van der Waals surface area contributed by atoms with Crippen molar-refractivity contribution in [2.75, 3.05) is 13.1 Å². The summed E-state index contributed by atoms with van der Waals surface area (Å²) < 4.78 is 0. The van der Waals surface area contributed by atoms with Gasteiger partial charge in [0.1, 0.15) is 0 Å². The van der Waals surface area contributed by atoms with E-state index < -0.39 is 0 Å². The van der Waals surface area contributed by atoms with Crippen LogP contribution in [0.2, 0.25) is 0 Å². The second kappa shape index (κ2) is 8.26. The molecule has 2 fully saturated rings. The van der Waals surface area contributed by atoms with Gasteiger partial charge in [-0.15, -0.1) is 0 Å². The summed E-state index contributed by atoms with van der Waals surface area (Å²) in [6.45, 7) is 7.25. The van der Waals surface area contributed by atoms with Gasteiger partial charge in [-0.1, -0.05) is 51.9 Å². The van der Waals surface area contributed by atoms with Gasteiger partial charge in [0, 0.05) is 31.2 Å². The molecule has 2 nitrogen and oxygen atoms in total. The summed E-state index contributed by atoms with van der Waals surface area (Å²) in [6.07, 6.45) is 14.2. The van der Waals surface area contributed by atoms with E-state index in [9.17, 15) is 0 Å². The molecule has 3 unspecified atom stereocenters. The van der Waals surface area contributed by atoms with E-state index in [1.807, 2.05) is 0 Å². The Kier molecular flexibility index (Phi) is 6.66. The van der Waals surface area contributed by atoms with Crippen LogP contribution in [-0.2, 0) is 0 Å². The van der Waals surface area contributed by atoms with Gasteiger partial charge in [0.15, 0.2) is 0 Å². The number of fused-ring (bicyclic) bond motifs is 1. The van der Waals surface area contributed by atoms with Gasteiger partial charge in [-0.05, 0) is 26.2 Å². The molecule has 112 valence electrons. The molecule has 0 amide bonds. The zero-order valence-electron chi connectivity index (χ0n) is 13.2. The number of unbranched alkanes of at least 4 members (excludes halogenated alkanes) is 4. The van der Waals surface area contributed by atoms with Gasteiger partial charge in [-0.2, -0.15) is 0 Å². The van der Waals surface area contributed by atoms with Gasteiger partial charge in [0.05, 0.1) is 0 Å². The van der Waals surface area contributed by atoms with Crippen LogP contribution in [0.15, 0.2) is 0 Å². The molecular weight excluding hydrogens is 232 g/mol. The van der Waals surface area contributed by atoms with E-state index in [0.29, 0.717) is 0 Å². The Morgan fingerprint density at radius 2 is 1.89 bits per heavy atom. The first-order chi connectivity index (χ1) is 9.33. The third-order valence-corrected chi connectivity index (χ3v) is 5.22. The number of hydrogen-bond donors (Lipinski definition) is 1. The molecule has 19 heavy (non-hydrogen) atoms. The summed E-state index contributed by atoms with van der Waals surface area (Å²) >= 11 is 0. The summed E-state index contributed by atoms with van der Waals surface area (Å²) in [7, 11) is 0. The van der Waals surface area contributed by atoms with Crippen LogP contribution in [0.25, 0.3) is 0 Å². The average Bonchev–Trinajstić information content (AvgIpc) is 2.46. The standard InChI is InChI=1S/C17H34N2/c1-3-4-5-6-7-10-15(2)19-14-13-18-16-11-8-9-12-17(16)19/h15-18H,3-14H2,1-2H3. The third kappa shape index (κ3) is 4.46. The van der Waals surface area contributed by atoms with Crippen molar-refractivity contribution in [3.05, 3.63) is 0 Å². The highest BCUT2D eigenvalue weighted by Crippen LogP contribution is 2.28. The second-order valence-electron chi connectivity index (χ2n) is 6.70. The molecule has 2 rings (SSSR count). The number of nitrogens with one attached hydrogen (secondary N) is 1. The van der Waals surface area contributed by atoms with Crippen LogP contribution in [0.3, 0.4) is 0 Å². The average molecular weight is 266 g/mol. The van der Waals surface area contributed by atoms with Crippen LogP contribution < -0.4 is 5.32 Å². The Morgan fingerprint density at radius 3 is 2.74 bits per heavy atom. The highest BCUT2D eigenvalue weighted by atomic mass is 15.3. The summed E-state index contributed by atoms with van der Waals surface area (Å²) in [5.74, 6) is 0. The number of rotatable bonds is 7. The first kappa shape index (κ1) is 15.3. The predicted octanol–water partition coefficient (Wildman–Crippen LogP) is 3.95. The maximum absolute atomic E-state index is 3.75. The molecule has 3 atom stereocenters. The van der Waals surface area contributed by atoms with Gasteiger partial charge in [0.25, 0.3) is 0 Å². The molecule has 1 aliphatic heterocycles. The van der Waals surface area contributed by atoms with Crippen molar-refractivity contribution in [1.29, 1.82) is 0 Å². The van der Waals surface area contributed by atoms with Gasteiger partial charge in [-0.25, -0.2) is 0 Å². The van der Waals surface area contributed by atoms with Crippen LogP contribution in [0.5, 0.6) is 0 Å². The van der Waals surface area contributed by atoms with Crippen molar-refractivity contribution in [3.8, 4) is 0 Å². The Morgan fingerprint density at radius 1 is 1.11 bits per heavy atom. The first-order valence-corrected chi connectivity index (χ1v) is 8.82. The van der Waals surface area contributed by atoms with Crippen molar-refractivity contribution in [2.24, 2.45) is 0 Å². The van der Waals surface area contributed by atoms with Crippen LogP contribution in [0, 0.1) is 0 Å². The first-order valence-electron chi connectivity index (χ1n) is 8.82. The fourth-order valence-electron chi connectivity index (χ4n) is 4.05. The minimum absolute atomic E-state index is 0.796. The molecule has 1 saturated carbocycles. The molecule has 2 aliphatic rings. The summed E-state index contributed by atoms with van der Waals surface area (Å²) in [4.78, 5) is 2.83. The van der Waals surface area contributed by atoms with E-state index in [4.69, 9.17) is 0 Å². The van der Waals surface area contributed by atoms with Crippen LogP contribution in [0.1, 0.15) is 78.1 Å². The molecule has 1 saturated heterocycles. The molecule has 2 heteroatoms. The quantitative estimate of drug-likeness (QED) is 0.702. The molecule has 1 aliphatic carbocycles. The van der Waals surface area contributed by atoms with E-state index in [1.165, 1.54) is 77.3 Å². The van der Waals surface area contributed by atoms with Gasteiger partial charge >= 0.3 is 0 Å². The SMILES string of the molecule is CCCCCCCC(C)N1CCNC2CCCCC21. The lowest BCUT2D eigenvalue weighted by Gasteiger charge is -2.47. The lowest BCUT2D eigenvalue weighted by atomic mass is 9.86. The predicted molar refractivity (Wildman–Crippen MR) is 83.6 cm³/mol. The van der Waals surface area contributed by atoms with Crippen LogP contribution in [0.4, 0.5) is 0 Å². The van der Waals surface area contributed by atoms with E-state index in [-0.39, 0.29) is 0 Å². The highest BCUT2D eigenvalue weighted by molar-refractivity contribution is 4.93. The van der Waals surface area contributed by atoms with E-state index in [0.717, 1.165) is 18.1 Å². The molecule has 0 radical (unpaired) electrons. The monoisotopic (exact) mass is 266 g/mol. The summed E-state index contributed by atoms with van der Waals surface area (Å²) in [6, 6.07) is 2.44. The van der Waals surface area contributed by atoms with Crippen LogP contribution >= 0.6 is 0 Å². The van der Waals surface area contributed by atoms with Crippen LogP contribution in [-0.4, -0.2) is 36.1 Å². The Hall–Kier alpha value is -0.0800. The van der Waals surface area contributed by atoms with E-state index >= 15 is 0 Å². The molecule has 0 spiro atoms. The molecule has 1 N–H and O–H groups in total. The highest BCUT2D eigenvalue weighted by Gasteiger charge is 2.34.